The standard InChI is InChI=1S/C8H7FN6O2/c9-5-1-6(3-7(2-5)15(16)17)14-8(4-10)11-12-13-14/h1-3H,4,10H2. The SMILES string of the molecule is NCc1nnnn1-c1cc(F)cc([N+](=O)[O-])c1. The van der Waals surface area contributed by atoms with Crippen molar-refractivity contribution >= 4 is 5.69 Å². The summed E-state index contributed by atoms with van der Waals surface area (Å²) < 4.78 is 14.3. The van der Waals surface area contributed by atoms with Crippen molar-refractivity contribution in [1.29, 1.82) is 0 Å². The largest absolute Gasteiger partial charge is 0.324 e. The van der Waals surface area contributed by atoms with E-state index in [0.29, 0.717) is 0 Å². The summed E-state index contributed by atoms with van der Waals surface area (Å²) in [4.78, 5) is 9.89. The van der Waals surface area contributed by atoms with E-state index in [9.17, 15) is 14.5 Å². The Hall–Kier alpha value is -2.42. The van der Waals surface area contributed by atoms with Gasteiger partial charge in [0.2, 0.25) is 0 Å². The summed E-state index contributed by atoms with van der Waals surface area (Å²) >= 11 is 0. The molecule has 88 valence electrons. The molecule has 0 saturated heterocycles. The maximum absolute atomic E-state index is 13.2. The maximum Gasteiger partial charge on any atom is 0.274 e. The fourth-order valence-electron chi connectivity index (χ4n) is 1.32. The number of benzene rings is 1. The molecule has 2 rings (SSSR count). The smallest absolute Gasteiger partial charge is 0.274 e. The molecule has 0 fully saturated rings. The van der Waals surface area contributed by atoms with E-state index in [4.69, 9.17) is 5.73 Å². The lowest BCUT2D eigenvalue weighted by atomic mass is 10.2. The second-order valence-corrected chi connectivity index (χ2v) is 3.14. The summed E-state index contributed by atoms with van der Waals surface area (Å²) in [5, 5.41) is 21.1. The van der Waals surface area contributed by atoms with Crippen molar-refractivity contribution in [3.8, 4) is 5.69 Å². The predicted molar refractivity (Wildman–Crippen MR) is 53.7 cm³/mol. The number of tetrazole rings is 1. The first kappa shape index (κ1) is 11.1. The highest BCUT2D eigenvalue weighted by Gasteiger charge is 2.14. The zero-order chi connectivity index (χ0) is 12.4. The number of non-ortho nitro benzene ring substituents is 1. The number of nitrogens with two attached hydrogens (primary N) is 1. The molecule has 9 heteroatoms. The van der Waals surface area contributed by atoms with Gasteiger partial charge in [-0.2, -0.15) is 4.68 Å². The highest BCUT2D eigenvalue weighted by Crippen LogP contribution is 2.19. The fraction of sp³-hybridized carbons (Fsp3) is 0.125. The zero-order valence-electron chi connectivity index (χ0n) is 8.45. The molecule has 0 aliphatic heterocycles. The van der Waals surface area contributed by atoms with Gasteiger partial charge in [0.25, 0.3) is 5.69 Å². The third kappa shape index (κ3) is 2.08. The molecule has 1 aromatic heterocycles. The van der Waals surface area contributed by atoms with E-state index in [1.165, 1.54) is 6.07 Å². The van der Waals surface area contributed by atoms with Gasteiger partial charge in [0.05, 0.1) is 23.2 Å². The van der Waals surface area contributed by atoms with Crippen LogP contribution in [0.4, 0.5) is 10.1 Å². The molecule has 2 aromatic rings. The van der Waals surface area contributed by atoms with Gasteiger partial charge in [0.1, 0.15) is 5.82 Å². The molecule has 1 heterocycles. The normalized spacial score (nSPS) is 10.5. The van der Waals surface area contributed by atoms with Gasteiger partial charge in [-0.25, -0.2) is 4.39 Å². The second-order valence-electron chi connectivity index (χ2n) is 3.14. The highest BCUT2D eigenvalue weighted by molar-refractivity contribution is 5.43. The van der Waals surface area contributed by atoms with E-state index in [0.717, 1.165) is 16.8 Å². The van der Waals surface area contributed by atoms with Gasteiger partial charge < -0.3 is 5.73 Å². The monoisotopic (exact) mass is 238 g/mol. The minimum atomic E-state index is -0.743. The van der Waals surface area contributed by atoms with Crippen LogP contribution in [0.1, 0.15) is 5.82 Å². The molecule has 0 radical (unpaired) electrons. The molecule has 0 bridgehead atoms. The summed E-state index contributed by atoms with van der Waals surface area (Å²) in [7, 11) is 0. The Morgan fingerprint density at radius 2 is 2.24 bits per heavy atom. The average Bonchev–Trinajstić information content (AvgIpc) is 2.76. The van der Waals surface area contributed by atoms with Crippen LogP contribution in [0.2, 0.25) is 0 Å². The second kappa shape index (κ2) is 4.22. The van der Waals surface area contributed by atoms with Crippen molar-refractivity contribution in [3.05, 3.63) is 40.0 Å². The minimum Gasteiger partial charge on any atom is -0.324 e. The first-order valence-corrected chi connectivity index (χ1v) is 4.54. The lowest BCUT2D eigenvalue weighted by Crippen LogP contribution is -2.08. The summed E-state index contributed by atoms with van der Waals surface area (Å²) in [5.74, 6) is -0.461. The van der Waals surface area contributed by atoms with Gasteiger partial charge in [0, 0.05) is 12.1 Å². The van der Waals surface area contributed by atoms with Crippen LogP contribution in [0.25, 0.3) is 5.69 Å². The number of nitro benzene ring substituents is 1. The van der Waals surface area contributed by atoms with Crippen LogP contribution in [-0.2, 0) is 6.54 Å². The van der Waals surface area contributed by atoms with Gasteiger partial charge in [-0.15, -0.1) is 5.10 Å². The summed E-state index contributed by atoms with van der Waals surface area (Å²) in [6, 6.07) is 3.07. The Balaban J connectivity index is 2.56. The molecule has 0 aliphatic carbocycles. The Bertz CT molecular complexity index is 569. The van der Waals surface area contributed by atoms with Crippen LogP contribution in [-0.4, -0.2) is 25.1 Å². The Morgan fingerprint density at radius 3 is 2.88 bits per heavy atom. The van der Waals surface area contributed by atoms with Crippen molar-refractivity contribution in [2.45, 2.75) is 6.54 Å². The molecule has 0 aliphatic rings. The van der Waals surface area contributed by atoms with Gasteiger partial charge in [-0.1, -0.05) is 0 Å². The lowest BCUT2D eigenvalue weighted by molar-refractivity contribution is -0.385. The topological polar surface area (TPSA) is 113 Å². The van der Waals surface area contributed by atoms with Crippen LogP contribution in [0.5, 0.6) is 0 Å². The quantitative estimate of drug-likeness (QED) is 0.602. The van der Waals surface area contributed by atoms with E-state index < -0.39 is 10.7 Å². The van der Waals surface area contributed by atoms with Crippen molar-refractivity contribution < 1.29 is 9.31 Å². The molecule has 0 amide bonds. The van der Waals surface area contributed by atoms with Crippen LogP contribution < -0.4 is 5.73 Å². The molecule has 17 heavy (non-hydrogen) atoms. The fourth-order valence-corrected chi connectivity index (χ4v) is 1.32. The predicted octanol–water partition coefficient (Wildman–Crippen LogP) is 0.168. The average molecular weight is 238 g/mol. The van der Waals surface area contributed by atoms with Gasteiger partial charge in [0.15, 0.2) is 5.82 Å². The molecule has 1 aromatic carbocycles. The number of hydrogen-bond donors (Lipinski definition) is 1. The van der Waals surface area contributed by atoms with Crippen LogP contribution in [0.15, 0.2) is 18.2 Å². The van der Waals surface area contributed by atoms with Gasteiger partial charge in [-0.3, -0.25) is 10.1 Å². The van der Waals surface area contributed by atoms with E-state index in [1.54, 1.807) is 0 Å². The van der Waals surface area contributed by atoms with Crippen molar-refractivity contribution in [3.63, 3.8) is 0 Å². The lowest BCUT2D eigenvalue weighted by Gasteiger charge is -2.02. The van der Waals surface area contributed by atoms with Crippen molar-refractivity contribution in [2.24, 2.45) is 5.73 Å². The van der Waals surface area contributed by atoms with Crippen LogP contribution >= 0.6 is 0 Å². The summed E-state index contributed by atoms with van der Waals surface area (Å²) in [5.41, 5.74) is 5.16. The number of hydrogen-bond acceptors (Lipinski definition) is 6. The number of aromatic nitrogens is 4. The third-order valence-electron chi connectivity index (χ3n) is 2.04. The van der Waals surface area contributed by atoms with E-state index in [1.807, 2.05) is 0 Å². The molecule has 0 saturated carbocycles. The number of nitro groups is 1. The first-order chi connectivity index (χ1) is 8.11. The third-order valence-corrected chi connectivity index (χ3v) is 2.04. The van der Waals surface area contributed by atoms with E-state index in [2.05, 4.69) is 15.5 Å². The summed E-state index contributed by atoms with van der Waals surface area (Å²) in [6.07, 6.45) is 0. The molecular weight excluding hydrogens is 231 g/mol. The molecule has 2 N–H and O–H groups in total. The van der Waals surface area contributed by atoms with E-state index in [-0.39, 0.29) is 23.7 Å². The Labute approximate surface area is 94.0 Å². The summed E-state index contributed by atoms with van der Waals surface area (Å²) in [6.45, 7) is 0.0390. The molecule has 0 spiro atoms. The molecule has 0 unspecified atom stereocenters. The Morgan fingerprint density at radius 1 is 1.47 bits per heavy atom. The minimum absolute atomic E-state index is 0.0390. The maximum atomic E-state index is 13.2. The van der Waals surface area contributed by atoms with Crippen molar-refractivity contribution in [1.82, 2.24) is 20.2 Å². The number of rotatable bonds is 3. The highest BCUT2D eigenvalue weighted by atomic mass is 19.1. The first-order valence-electron chi connectivity index (χ1n) is 4.54. The van der Waals surface area contributed by atoms with Crippen LogP contribution in [0, 0.1) is 15.9 Å². The van der Waals surface area contributed by atoms with Gasteiger partial charge in [-0.05, 0) is 10.4 Å². The van der Waals surface area contributed by atoms with Gasteiger partial charge >= 0.3 is 0 Å². The number of halogens is 1. The molecule has 8 nitrogen and oxygen atoms in total. The zero-order valence-corrected chi connectivity index (χ0v) is 8.45. The Kier molecular flexibility index (Phi) is 2.75. The van der Waals surface area contributed by atoms with E-state index >= 15 is 0 Å². The number of nitrogens with zero attached hydrogens (tertiary/aromatic N) is 5. The molecule has 0 atom stereocenters. The molecular formula is C8H7FN6O2. The van der Waals surface area contributed by atoms with Crippen LogP contribution in [0.3, 0.4) is 0 Å². The van der Waals surface area contributed by atoms with Crippen molar-refractivity contribution in [2.75, 3.05) is 0 Å².